The average molecular weight is 297 g/mol. The number of methoxy groups -OCH3 is 1. The number of nitrogens with one attached hydrogen (secondary N) is 1. The maximum atomic E-state index is 5.70. The summed E-state index contributed by atoms with van der Waals surface area (Å²) < 4.78 is 11.2. The summed E-state index contributed by atoms with van der Waals surface area (Å²) in [5.41, 5.74) is 3.66. The highest BCUT2D eigenvalue weighted by atomic mass is 32.1. The summed E-state index contributed by atoms with van der Waals surface area (Å²) in [7, 11) is 5.66. The molecule has 2 rings (SSSR count). The lowest BCUT2D eigenvalue weighted by atomic mass is 10.2. The van der Waals surface area contributed by atoms with Gasteiger partial charge in [0.05, 0.1) is 30.9 Å². The number of rotatable bonds is 7. The third kappa shape index (κ3) is 3.12. The van der Waals surface area contributed by atoms with Crippen molar-refractivity contribution in [2.45, 2.75) is 12.6 Å². The van der Waals surface area contributed by atoms with Gasteiger partial charge in [-0.2, -0.15) is 5.10 Å². The molecule has 20 heavy (non-hydrogen) atoms. The molecule has 0 fully saturated rings. The number of hydrogen-bond acceptors (Lipinski definition) is 8. The van der Waals surface area contributed by atoms with Crippen molar-refractivity contribution >= 4 is 11.5 Å². The molecule has 2 aromatic heterocycles. The fourth-order valence-electron chi connectivity index (χ4n) is 1.90. The molecule has 0 aliphatic heterocycles. The van der Waals surface area contributed by atoms with Gasteiger partial charge in [0.2, 0.25) is 0 Å². The summed E-state index contributed by atoms with van der Waals surface area (Å²) in [4.78, 5) is 3.01. The van der Waals surface area contributed by atoms with E-state index >= 15 is 0 Å². The van der Waals surface area contributed by atoms with Gasteiger partial charge in [0.1, 0.15) is 11.7 Å². The van der Waals surface area contributed by atoms with Gasteiger partial charge in [-0.3, -0.25) is 10.5 Å². The van der Waals surface area contributed by atoms with Crippen molar-refractivity contribution in [1.29, 1.82) is 0 Å². The van der Waals surface area contributed by atoms with Gasteiger partial charge in [-0.05, 0) is 25.6 Å². The van der Waals surface area contributed by atoms with E-state index < -0.39 is 0 Å². The second-order valence-electron chi connectivity index (χ2n) is 4.54. The Morgan fingerprint density at radius 1 is 1.50 bits per heavy atom. The Hall–Kier alpha value is -1.55. The van der Waals surface area contributed by atoms with Crippen LogP contribution >= 0.6 is 11.5 Å². The van der Waals surface area contributed by atoms with Crippen molar-refractivity contribution in [3.8, 4) is 5.75 Å². The van der Waals surface area contributed by atoms with Gasteiger partial charge in [0, 0.05) is 6.54 Å². The number of nitrogens with two attached hydrogens (primary N) is 1. The lowest BCUT2D eigenvalue weighted by Crippen LogP contribution is -2.31. The summed E-state index contributed by atoms with van der Waals surface area (Å²) in [5.74, 6) is 6.39. The smallest absolute Gasteiger partial charge is 0.162 e. The zero-order valence-corrected chi connectivity index (χ0v) is 12.6. The Bertz CT molecular complexity index is 525. The Morgan fingerprint density at radius 3 is 2.85 bits per heavy atom. The predicted octanol–water partition coefficient (Wildman–Crippen LogP) is -0.142. The highest BCUT2D eigenvalue weighted by molar-refractivity contribution is 7.05. The summed E-state index contributed by atoms with van der Waals surface area (Å²) in [6.07, 6.45) is 3.39. The average Bonchev–Trinajstić information content (AvgIpc) is 3.07. The van der Waals surface area contributed by atoms with Gasteiger partial charge in [0.25, 0.3) is 0 Å². The van der Waals surface area contributed by atoms with Crippen molar-refractivity contribution in [2.24, 2.45) is 5.84 Å². The van der Waals surface area contributed by atoms with Crippen molar-refractivity contribution in [3.05, 3.63) is 23.0 Å². The van der Waals surface area contributed by atoms with Crippen LogP contribution in [0.5, 0.6) is 5.75 Å². The summed E-state index contributed by atoms with van der Waals surface area (Å²) >= 11 is 1.30. The van der Waals surface area contributed by atoms with Crippen molar-refractivity contribution in [1.82, 2.24) is 29.7 Å². The van der Waals surface area contributed by atoms with E-state index in [2.05, 4.69) is 25.0 Å². The third-order valence-corrected chi connectivity index (χ3v) is 3.65. The van der Waals surface area contributed by atoms with E-state index in [0.29, 0.717) is 5.75 Å². The summed E-state index contributed by atoms with van der Waals surface area (Å²) in [5, 5.41) is 8.23. The molecule has 3 N–H and O–H groups in total. The fourth-order valence-corrected chi connectivity index (χ4v) is 2.46. The minimum atomic E-state index is -0.241. The molecular formula is C11H19N7OS. The highest BCUT2D eigenvalue weighted by Crippen LogP contribution is 2.30. The minimum Gasteiger partial charge on any atom is -0.493 e. The summed E-state index contributed by atoms with van der Waals surface area (Å²) in [6.45, 7) is 1.62. The number of hydrogen-bond donors (Lipinski definition) is 2. The fraction of sp³-hybridized carbons (Fsp3) is 0.545. The third-order valence-electron chi connectivity index (χ3n) is 2.93. The maximum absolute atomic E-state index is 5.70. The summed E-state index contributed by atoms with van der Waals surface area (Å²) in [6, 6.07) is -0.241. The van der Waals surface area contributed by atoms with E-state index in [9.17, 15) is 0 Å². The van der Waals surface area contributed by atoms with E-state index in [1.165, 1.54) is 11.5 Å². The van der Waals surface area contributed by atoms with E-state index in [4.69, 9.17) is 10.6 Å². The molecule has 0 saturated carbocycles. The van der Waals surface area contributed by atoms with Crippen molar-refractivity contribution in [3.63, 3.8) is 0 Å². The van der Waals surface area contributed by atoms with E-state index in [1.807, 2.05) is 18.8 Å². The second-order valence-corrected chi connectivity index (χ2v) is 5.36. The Kier molecular flexibility index (Phi) is 5.01. The molecule has 1 unspecified atom stereocenters. The van der Waals surface area contributed by atoms with E-state index in [1.54, 1.807) is 19.5 Å². The van der Waals surface area contributed by atoms with Gasteiger partial charge in [-0.15, -0.1) is 5.10 Å². The molecular weight excluding hydrogens is 278 g/mol. The van der Waals surface area contributed by atoms with Gasteiger partial charge >= 0.3 is 0 Å². The van der Waals surface area contributed by atoms with Crippen LogP contribution in [0, 0.1) is 0 Å². The lowest BCUT2D eigenvalue weighted by molar-refractivity contribution is 0.360. The van der Waals surface area contributed by atoms with Crippen LogP contribution in [0.15, 0.2) is 12.4 Å². The zero-order chi connectivity index (χ0) is 14.5. The Labute approximate surface area is 121 Å². The van der Waals surface area contributed by atoms with Crippen LogP contribution in [0.1, 0.15) is 16.6 Å². The van der Waals surface area contributed by atoms with Crippen LogP contribution in [0.3, 0.4) is 0 Å². The predicted molar refractivity (Wildman–Crippen MR) is 76.4 cm³/mol. The molecule has 0 bridgehead atoms. The molecule has 110 valence electrons. The number of hydrazine groups is 1. The Balaban J connectivity index is 2.34. The van der Waals surface area contributed by atoms with E-state index in [0.717, 1.165) is 23.7 Å². The molecule has 9 heteroatoms. The SMILES string of the molecule is COc1cnn(CCN(C)C)c1C(NN)c1cnns1. The normalized spacial score (nSPS) is 12.8. The number of nitrogens with zero attached hydrogens (tertiary/aromatic N) is 5. The molecule has 0 amide bonds. The molecule has 0 spiro atoms. The molecule has 0 radical (unpaired) electrons. The first-order valence-corrected chi connectivity index (χ1v) is 6.92. The van der Waals surface area contributed by atoms with Crippen LogP contribution < -0.4 is 16.0 Å². The molecule has 2 heterocycles. The molecule has 0 saturated heterocycles. The molecule has 2 aromatic rings. The number of likely N-dealkylation sites (N-methyl/N-ethyl adjacent to an activating group) is 1. The van der Waals surface area contributed by atoms with E-state index in [-0.39, 0.29) is 6.04 Å². The van der Waals surface area contributed by atoms with Crippen LogP contribution in [0.2, 0.25) is 0 Å². The van der Waals surface area contributed by atoms with Crippen molar-refractivity contribution in [2.75, 3.05) is 27.7 Å². The van der Waals surface area contributed by atoms with Gasteiger partial charge < -0.3 is 9.64 Å². The lowest BCUT2D eigenvalue weighted by Gasteiger charge is -2.18. The minimum absolute atomic E-state index is 0.241. The van der Waals surface area contributed by atoms with Crippen LogP contribution in [-0.2, 0) is 6.54 Å². The van der Waals surface area contributed by atoms with Crippen LogP contribution in [0.25, 0.3) is 0 Å². The van der Waals surface area contributed by atoms with Gasteiger partial charge in [-0.1, -0.05) is 4.49 Å². The van der Waals surface area contributed by atoms with Crippen LogP contribution in [0.4, 0.5) is 0 Å². The molecule has 0 aromatic carbocycles. The second kappa shape index (κ2) is 6.75. The topological polar surface area (TPSA) is 94.1 Å². The standard InChI is InChI=1S/C11H19N7OS/c1-17(2)4-5-18-11(8(19-3)6-14-18)10(15-12)9-7-13-16-20-9/h6-7,10,15H,4-5,12H2,1-3H3. The largest absolute Gasteiger partial charge is 0.493 e. The quantitative estimate of drug-likeness (QED) is 0.542. The molecule has 0 aliphatic rings. The zero-order valence-electron chi connectivity index (χ0n) is 11.8. The monoisotopic (exact) mass is 297 g/mol. The molecule has 0 aliphatic carbocycles. The highest BCUT2D eigenvalue weighted by Gasteiger charge is 2.24. The van der Waals surface area contributed by atoms with Gasteiger partial charge in [-0.25, -0.2) is 5.43 Å². The van der Waals surface area contributed by atoms with Gasteiger partial charge in [0.15, 0.2) is 5.75 Å². The number of aromatic nitrogens is 4. The first kappa shape index (κ1) is 14.9. The van der Waals surface area contributed by atoms with Crippen molar-refractivity contribution < 1.29 is 4.74 Å². The first-order valence-electron chi connectivity index (χ1n) is 6.15. The Morgan fingerprint density at radius 2 is 2.30 bits per heavy atom. The maximum Gasteiger partial charge on any atom is 0.162 e. The molecule has 1 atom stereocenters. The molecule has 8 nitrogen and oxygen atoms in total. The van der Waals surface area contributed by atoms with Crippen LogP contribution in [-0.4, -0.2) is 52.0 Å². The number of ether oxygens (including phenoxy) is 1. The first-order chi connectivity index (χ1) is 9.67.